The number of carbonyl (C=O) groups is 2. The Bertz CT molecular complexity index is 996. The molecule has 1 aromatic heterocycles. The third kappa shape index (κ3) is 4.74. The molecule has 1 aromatic carbocycles. The Balaban J connectivity index is 1.38. The summed E-state index contributed by atoms with van der Waals surface area (Å²) in [5, 5.41) is 3.49. The molecule has 0 atom stereocenters. The second-order valence-electron chi connectivity index (χ2n) is 7.26. The van der Waals surface area contributed by atoms with Gasteiger partial charge in [0.2, 0.25) is 11.8 Å². The number of amides is 2. The molecule has 29 heavy (non-hydrogen) atoms. The van der Waals surface area contributed by atoms with Crippen LogP contribution < -0.4 is 5.32 Å². The summed E-state index contributed by atoms with van der Waals surface area (Å²) in [6.45, 7) is 1.39. The molecular formula is C23H22ClN3O2. The fraction of sp³-hybridized carbons (Fsp3) is 0.261. The molecule has 0 saturated carbocycles. The molecule has 0 unspecified atom stereocenters. The molecule has 0 aliphatic carbocycles. The lowest BCUT2D eigenvalue weighted by Crippen LogP contribution is -2.30. The third-order valence-corrected chi connectivity index (χ3v) is 5.50. The van der Waals surface area contributed by atoms with Crippen molar-refractivity contribution in [2.45, 2.75) is 25.7 Å². The van der Waals surface area contributed by atoms with E-state index >= 15 is 0 Å². The molecule has 2 aliphatic heterocycles. The van der Waals surface area contributed by atoms with E-state index in [9.17, 15) is 9.59 Å². The van der Waals surface area contributed by atoms with E-state index in [0.717, 1.165) is 34.6 Å². The molecule has 148 valence electrons. The normalized spacial score (nSPS) is 16.8. The van der Waals surface area contributed by atoms with Gasteiger partial charge in [-0.1, -0.05) is 29.8 Å². The van der Waals surface area contributed by atoms with E-state index in [0.29, 0.717) is 31.7 Å². The van der Waals surface area contributed by atoms with E-state index in [1.165, 1.54) is 5.57 Å². The summed E-state index contributed by atoms with van der Waals surface area (Å²) in [6, 6.07) is 9.82. The van der Waals surface area contributed by atoms with Gasteiger partial charge in [0.25, 0.3) is 0 Å². The Labute approximate surface area is 175 Å². The summed E-state index contributed by atoms with van der Waals surface area (Å²) in [4.78, 5) is 30.3. The molecule has 2 aliphatic rings. The number of aryl methyl sites for hydroxylation is 1. The lowest BCUT2D eigenvalue weighted by atomic mass is 10.0. The van der Waals surface area contributed by atoms with Gasteiger partial charge in [-0.25, -0.2) is 4.98 Å². The lowest BCUT2D eigenvalue weighted by Gasteiger charge is -2.19. The van der Waals surface area contributed by atoms with Gasteiger partial charge in [0.15, 0.2) is 0 Å². The standard InChI is InChI=1S/C23H22ClN3O2/c24-20-7-4-18(5-8-20)17-2-1-12-27(13-11-17)22(29)10-3-16-14-19-6-9-21(28)26-23(19)25-15-16/h2-5,7-8,10,14-15H,1,6,9,11-13H2,(H,25,26,28)/b10-3+. The van der Waals surface area contributed by atoms with Crippen LogP contribution in [-0.2, 0) is 16.0 Å². The van der Waals surface area contributed by atoms with Crippen LogP contribution in [0.2, 0.25) is 5.02 Å². The van der Waals surface area contributed by atoms with Gasteiger partial charge >= 0.3 is 0 Å². The second-order valence-corrected chi connectivity index (χ2v) is 7.69. The number of halogens is 1. The summed E-state index contributed by atoms with van der Waals surface area (Å²) in [5.74, 6) is 0.621. The number of pyridine rings is 1. The molecule has 2 amide bonds. The number of benzene rings is 1. The number of aromatic nitrogens is 1. The molecule has 0 spiro atoms. The largest absolute Gasteiger partial charge is 0.339 e. The summed E-state index contributed by atoms with van der Waals surface area (Å²) in [6.07, 6.45) is 10.1. The van der Waals surface area contributed by atoms with Crippen LogP contribution in [0.5, 0.6) is 0 Å². The highest BCUT2D eigenvalue weighted by Crippen LogP contribution is 2.24. The van der Waals surface area contributed by atoms with Crippen molar-refractivity contribution in [2.75, 3.05) is 18.4 Å². The molecule has 5 nitrogen and oxygen atoms in total. The fourth-order valence-electron chi connectivity index (χ4n) is 3.65. The number of rotatable bonds is 3. The Kier molecular flexibility index (Phi) is 5.76. The van der Waals surface area contributed by atoms with E-state index < -0.39 is 0 Å². The molecule has 0 fully saturated rings. The number of anilines is 1. The minimum atomic E-state index is -0.00351. The van der Waals surface area contributed by atoms with E-state index in [1.54, 1.807) is 18.3 Å². The summed E-state index contributed by atoms with van der Waals surface area (Å²) >= 11 is 5.98. The van der Waals surface area contributed by atoms with Crippen molar-refractivity contribution in [1.82, 2.24) is 9.88 Å². The van der Waals surface area contributed by atoms with E-state index in [1.807, 2.05) is 35.2 Å². The van der Waals surface area contributed by atoms with Crippen LogP contribution in [0, 0.1) is 0 Å². The molecular weight excluding hydrogens is 386 g/mol. The van der Waals surface area contributed by atoms with E-state index in [4.69, 9.17) is 11.6 Å². The average Bonchev–Trinajstić information content (AvgIpc) is 2.99. The highest BCUT2D eigenvalue weighted by atomic mass is 35.5. The van der Waals surface area contributed by atoms with Gasteiger partial charge in [0.1, 0.15) is 5.82 Å². The summed E-state index contributed by atoms with van der Waals surface area (Å²) in [5.41, 5.74) is 4.28. The third-order valence-electron chi connectivity index (χ3n) is 5.25. The fourth-order valence-corrected chi connectivity index (χ4v) is 3.78. The van der Waals surface area contributed by atoms with Crippen LogP contribution in [0.4, 0.5) is 5.82 Å². The van der Waals surface area contributed by atoms with Gasteiger partial charge in [0.05, 0.1) is 0 Å². The number of fused-ring (bicyclic) bond motifs is 1. The first-order chi connectivity index (χ1) is 14.1. The van der Waals surface area contributed by atoms with Crippen molar-refractivity contribution < 1.29 is 9.59 Å². The maximum absolute atomic E-state index is 12.7. The predicted octanol–water partition coefficient (Wildman–Crippen LogP) is 4.34. The highest BCUT2D eigenvalue weighted by Gasteiger charge is 2.17. The van der Waals surface area contributed by atoms with Crippen LogP contribution >= 0.6 is 11.6 Å². The first-order valence-electron chi connectivity index (χ1n) is 9.79. The van der Waals surface area contributed by atoms with Gasteiger partial charge in [-0.3, -0.25) is 9.59 Å². The van der Waals surface area contributed by atoms with Crippen molar-refractivity contribution in [3.05, 3.63) is 70.4 Å². The zero-order valence-corrected chi connectivity index (χ0v) is 16.8. The van der Waals surface area contributed by atoms with Crippen LogP contribution in [-0.4, -0.2) is 34.8 Å². The van der Waals surface area contributed by atoms with Crippen molar-refractivity contribution in [3.63, 3.8) is 0 Å². The van der Waals surface area contributed by atoms with E-state index in [-0.39, 0.29) is 11.8 Å². The Hall–Kier alpha value is -2.92. The van der Waals surface area contributed by atoms with Crippen LogP contribution in [0.3, 0.4) is 0 Å². The summed E-state index contributed by atoms with van der Waals surface area (Å²) in [7, 11) is 0. The molecule has 4 rings (SSSR count). The Morgan fingerprint density at radius 2 is 1.97 bits per heavy atom. The second kappa shape index (κ2) is 8.62. The zero-order valence-electron chi connectivity index (χ0n) is 16.0. The number of carbonyl (C=O) groups excluding carboxylic acids is 2. The van der Waals surface area contributed by atoms with Gasteiger partial charge in [-0.2, -0.15) is 0 Å². The molecule has 0 radical (unpaired) electrons. The monoisotopic (exact) mass is 407 g/mol. The Morgan fingerprint density at radius 3 is 2.79 bits per heavy atom. The van der Waals surface area contributed by atoms with Crippen molar-refractivity contribution in [1.29, 1.82) is 0 Å². The summed E-state index contributed by atoms with van der Waals surface area (Å²) < 4.78 is 0. The first kappa shape index (κ1) is 19.4. The average molecular weight is 408 g/mol. The number of nitrogens with zero attached hydrogens (tertiary/aromatic N) is 2. The molecule has 3 heterocycles. The van der Waals surface area contributed by atoms with Crippen molar-refractivity contribution in [2.24, 2.45) is 0 Å². The lowest BCUT2D eigenvalue weighted by molar-refractivity contribution is -0.125. The van der Waals surface area contributed by atoms with Gasteiger partial charge in [-0.05, 0) is 65.8 Å². The number of hydrogen-bond acceptors (Lipinski definition) is 3. The van der Waals surface area contributed by atoms with Crippen LogP contribution in [0.1, 0.15) is 36.0 Å². The minimum Gasteiger partial charge on any atom is -0.339 e. The molecule has 6 heteroatoms. The highest BCUT2D eigenvalue weighted by molar-refractivity contribution is 6.30. The maximum atomic E-state index is 12.7. The molecule has 1 N–H and O–H groups in total. The van der Waals surface area contributed by atoms with E-state index in [2.05, 4.69) is 16.4 Å². The quantitative estimate of drug-likeness (QED) is 0.770. The van der Waals surface area contributed by atoms with Crippen LogP contribution in [0.25, 0.3) is 11.6 Å². The van der Waals surface area contributed by atoms with Crippen LogP contribution in [0.15, 0.2) is 48.7 Å². The van der Waals surface area contributed by atoms with Gasteiger partial charge in [-0.15, -0.1) is 0 Å². The number of hydrogen-bond donors (Lipinski definition) is 1. The first-order valence-corrected chi connectivity index (χ1v) is 10.2. The molecule has 2 aromatic rings. The SMILES string of the molecule is O=C1CCc2cc(/C=C/C(=O)N3CCC=C(c4ccc(Cl)cc4)CC3)cnc2N1. The van der Waals surface area contributed by atoms with Gasteiger partial charge in [0, 0.05) is 36.8 Å². The maximum Gasteiger partial charge on any atom is 0.246 e. The predicted molar refractivity (Wildman–Crippen MR) is 115 cm³/mol. The van der Waals surface area contributed by atoms with Crippen molar-refractivity contribution in [3.8, 4) is 0 Å². The smallest absolute Gasteiger partial charge is 0.246 e. The zero-order chi connectivity index (χ0) is 20.2. The topological polar surface area (TPSA) is 62.3 Å². The van der Waals surface area contributed by atoms with Crippen molar-refractivity contribution >= 4 is 40.9 Å². The van der Waals surface area contributed by atoms with Gasteiger partial charge < -0.3 is 10.2 Å². The number of nitrogens with one attached hydrogen (secondary N) is 1. The minimum absolute atomic E-state index is 0.00165. The molecule has 0 saturated heterocycles. The Morgan fingerprint density at radius 1 is 1.14 bits per heavy atom. The molecule has 0 bridgehead atoms.